The average molecular weight is 791 g/mol. The quantitative estimate of drug-likeness (QED) is 0.132. The molecule has 10 nitrogen and oxygen atoms in total. The lowest BCUT2D eigenvalue weighted by Crippen LogP contribution is -2.55. The third-order valence-corrected chi connectivity index (χ3v) is 12.3. The summed E-state index contributed by atoms with van der Waals surface area (Å²) in [5, 5.41) is 0.881. The normalized spacial score (nSPS) is 20.8. The molecule has 0 spiro atoms. The number of hydrogen-bond acceptors (Lipinski definition) is 9. The molecule has 2 N–H and O–H groups in total. The predicted molar refractivity (Wildman–Crippen MR) is 209 cm³/mol. The van der Waals surface area contributed by atoms with Crippen LogP contribution in [0.3, 0.4) is 0 Å². The van der Waals surface area contributed by atoms with Gasteiger partial charge < -0.3 is 29.3 Å². The number of piperidine rings is 4. The fraction of sp³-hybridized carbons (Fsp3) is 0.419. The third-order valence-electron chi connectivity index (χ3n) is 11.6. The highest BCUT2D eigenvalue weighted by atomic mass is 35.5. The molecule has 0 saturated carbocycles. The van der Waals surface area contributed by atoms with Crippen molar-refractivity contribution < 1.29 is 39.0 Å². The number of hydrogen-bond donors (Lipinski definition) is 0. The van der Waals surface area contributed by atoms with Crippen LogP contribution >= 0.6 is 23.2 Å². The van der Waals surface area contributed by atoms with E-state index in [9.17, 15) is 9.59 Å². The number of likely N-dealkylation sites (tertiary alicyclic amines) is 1. The molecule has 0 amide bonds. The van der Waals surface area contributed by atoms with Crippen molar-refractivity contribution in [2.75, 3.05) is 53.5 Å². The molecular weight excluding hydrogens is 741 g/mol. The number of carbonyl (C=O) groups excluding carboxylic acids is 2. The number of rotatable bonds is 13. The Balaban J connectivity index is 0.00000514. The van der Waals surface area contributed by atoms with E-state index < -0.39 is 17.5 Å². The zero-order valence-corrected chi connectivity index (χ0v) is 32.9. The molecule has 292 valence electrons. The SMILES string of the molecule is COc1ccc([C@H](Cc2c(Cl)c[nH+]cc2Cl)OC(=O)c2cccc(CCN3CCC(C(=O)O[C@H]4CN5CCC4CC5)(c4ccccc4)CC3)c2)cc1OC.[OH-]. The predicted octanol–water partition coefficient (Wildman–Crippen LogP) is 7.00. The van der Waals surface area contributed by atoms with Crippen LogP contribution in [0.4, 0.5) is 0 Å². The standard InChI is InChI=1S/C43H47Cl2N3O6.H2O/c1-51-37-12-11-31(24-39(37)52-2)38(25-34-35(44)26-46-27-36(34)45)53-41(49)32-8-6-7-29(23-32)13-18-47-21-16-43(17-22-47,33-9-4-3-5-10-33)42(50)54-40-28-48-19-14-30(40)15-20-48;/h3-12,23-24,26-27,30,38,40H,13-22,25,28H2,1-2H3;1H2/t38-,40-;/m0./s1. The number of fused-ring (bicyclic) bond motifs is 3. The second-order valence-electron chi connectivity index (χ2n) is 14.7. The van der Waals surface area contributed by atoms with Gasteiger partial charge in [0.25, 0.3) is 0 Å². The van der Waals surface area contributed by atoms with Gasteiger partial charge in [-0.2, -0.15) is 0 Å². The first kappa shape index (κ1) is 40.5. The number of methoxy groups -OCH3 is 2. The highest BCUT2D eigenvalue weighted by Crippen LogP contribution is 2.40. The van der Waals surface area contributed by atoms with Crippen LogP contribution in [-0.2, 0) is 32.5 Å². The van der Waals surface area contributed by atoms with Gasteiger partial charge in [-0.05, 0) is 105 Å². The maximum atomic E-state index is 14.1. The maximum Gasteiger partial charge on any atom is 0.338 e. The van der Waals surface area contributed by atoms with Gasteiger partial charge in [-0.15, -0.1) is 0 Å². The fourth-order valence-corrected chi connectivity index (χ4v) is 8.83. The molecule has 4 saturated heterocycles. The number of carbonyl (C=O) groups is 2. The molecule has 0 unspecified atom stereocenters. The lowest BCUT2D eigenvalue weighted by atomic mass is 9.72. The first-order chi connectivity index (χ1) is 26.3. The number of esters is 2. The summed E-state index contributed by atoms with van der Waals surface area (Å²) >= 11 is 13.1. The molecule has 5 heterocycles. The summed E-state index contributed by atoms with van der Waals surface area (Å²) in [7, 11) is 3.13. The minimum Gasteiger partial charge on any atom is -0.870 e. The number of halogens is 2. The molecule has 2 atom stereocenters. The molecule has 4 fully saturated rings. The van der Waals surface area contributed by atoms with E-state index in [0.717, 1.165) is 69.7 Å². The van der Waals surface area contributed by atoms with Gasteiger partial charge in [0, 0.05) is 25.1 Å². The van der Waals surface area contributed by atoms with Crippen LogP contribution in [0.25, 0.3) is 0 Å². The summed E-state index contributed by atoms with van der Waals surface area (Å²) in [6.45, 7) is 5.43. The van der Waals surface area contributed by atoms with Crippen molar-refractivity contribution in [3.05, 3.63) is 123 Å². The number of nitrogens with one attached hydrogen (secondary N) is 1. The number of H-pyrrole nitrogens is 1. The Hall–Kier alpha value is -4.19. The molecule has 0 aliphatic carbocycles. The summed E-state index contributed by atoms with van der Waals surface area (Å²) in [6.07, 6.45) is 7.18. The van der Waals surface area contributed by atoms with Crippen molar-refractivity contribution in [3.63, 3.8) is 0 Å². The van der Waals surface area contributed by atoms with Gasteiger partial charge in [0.1, 0.15) is 22.3 Å². The lowest BCUT2D eigenvalue weighted by Gasteiger charge is -2.46. The van der Waals surface area contributed by atoms with Gasteiger partial charge in [0.15, 0.2) is 23.9 Å². The fourth-order valence-electron chi connectivity index (χ4n) is 8.30. The topological polar surface area (TPSA) is 122 Å². The number of aromatic nitrogens is 1. The summed E-state index contributed by atoms with van der Waals surface area (Å²) < 4.78 is 23.5. The van der Waals surface area contributed by atoms with E-state index in [2.05, 4.69) is 26.9 Å². The highest BCUT2D eigenvalue weighted by Gasteiger charge is 2.47. The van der Waals surface area contributed by atoms with Crippen LogP contribution in [0.1, 0.15) is 64.4 Å². The van der Waals surface area contributed by atoms with E-state index in [1.54, 1.807) is 44.8 Å². The van der Waals surface area contributed by atoms with Gasteiger partial charge in [-0.3, -0.25) is 9.69 Å². The Morgan fingerprint density at radius 3 is 2.24 bits per heavy atom. The molecule has 3 aromatic carbocycles. The van der Waals surface area contributed by atoms with Crippen LogP contribution in [0.15, 0.2) is 85.2 Å². The molecule has 8 rings (SSSR count). The summed E-state index contributed by atoms with van der Waals surface area (Å²) in [4.78, 5) is 35.6. The van der Waals surface area contributed by atoms with Crippen LogP contribution < -0.4 is 14.5 Å². The average Bonchev–Trinajstić information content (AvgIpc) is 3.21. The van der Waals surface area contributed by atoms with Crippen molar-refractivity contribution in [3.8, 4) is 11.5 Å². The third kappa shape index (κ3) is 9.11. The van der Waals surface area contributed by atoms with E-state index in [-0.39, 0.29) is 24.0 Å². The van der Waals surface area contributed by atoms with Crippen LogP contribution in [0.2, 0.25) is 10.0 Å². The van der Waals surface area contributed by atoms with E-state index in [1.807, 2.05) is 42.5 Å². The first-order valence-electron chi connectivity index (χ1n) is 18.8. The Morgan fingerprint density at radius 1 is 0.873 bits per heavy atom. The zero-order valence-electron chi connectivity index (χ0n) is 31.3. The molecular formula is C43H49Cl2N3O7. The number of ether oxygens (including phenoxy) is 4. The van der Waals surface area contributed by atoms with Crippen LogP contribution in [0.5, 0.6) is 11.5 Å². The molecule has 1 aromatic heterocycles. The van der Waals surface area contributed by atoms with Gasteiger partial charge >= 0.3 is 11.9 Å². The Morgan fingerprint density at radius 2 is 1.58 bits per heavy atom. The molecule has 2 bridgehead atoms. The van der Waals surface area contributed by atoms with Gasteiger partial charge in [0.05, 0.1) is 25.2 Å². The van der Waals surface area contributed by atoms with Gasteiger partial charge in [0.2, 0.25) is 0 Å². The van der Waals surface area contributed by atoms with Crippen LogP contribution in [-0.4, -0.2) is 86.8 Å². The number of benzene rings is 3. The minimum absolute atomic E-state index is 0. The lowest BCUT2D eigenvalue weighted by molar-refractivity contribution is -0.377. The molecule has 4 aliphatic heterocycles. The minimum atomic E-state index is -0.714. The molecule has 0 radical (unpaired) electrons. The Kier molecular flexibility index (Phi) is 13.4. The molecule has 4 aliphatic rings. The Labute approximate surface area is 332 Å². The van der Waals surface area contributed by atoms with E-state index in [4.69, 9.17) is 42.1 Å². The summed E-state index contributed by atoms with van der Waals surface area (Å²) in [5.41, 5.74) is 3.24. The van der Waals surface area contributed by atoms with Gasteiger partial charge in [-0.25, -0.2) is 9.78 Å². The second-order valence-corrected chi connectivity index (χ2v) is 15.5. The van der Waals surface area contributed by atoms with E-state index in [0.29, 0.717) is 57.0 Å². The second kappa shape index (κ2) is 18.2. The van der Waals surface area contributed by atoms with Gasteiger partial charge in [-0.1, -0.05) is 71.7 Å². The van der Waals surface area contributed by atoms with Crippen molar-refractivity contribution in [2.24, 2.45) is 5.92 Å². The zero-order chi connectivity index (χ0) is 37.7. The van der Waals surface area contributed by atoms with Crippen molar-refractivity contribution in [1.82, 2.24) is 9.80 Å². The van der Waals surface area contributed by atoms with E-state index >= 15 is 0 Å². The summed E-state index contributed by atoms with van der Waals surface area (Å²) in [6, 6.07) is 23.2. The molecule has 55 heavy (non-hydrogen) atoms. The number of nitrogens with zero attached hydrogens (tertiary/aromatic N) is 2. The monoisotopic (exact) mass is 789 g/mol. The molecule has 4 aromatic rings. The van der Waals surface area contributed by atoms with Crippen LogP contribution in [0, 0.1) is 5.92 Å². The largest absolute Gasteiger partial charge is 0.870 e. The number of pyridine rings is 1. The Bertz CT molecular complexity index is 1910. The first-order valence-corrected chi connectivity index (χ1v) is 19.6. The smallest absolute Gasteiger partial charge is 0.338 e. The van der Waals surface area contributed by atoms with Crippen molar-refractivity contribution in [1.29, 1.82) is 0 Å². The highest BCUT2D eigenvalue weighted by molar-refractivity contribution is 6.35. The molecule has 12 heteroatoms. The summed E-state index contributed by atoms with van der Waals surface area (Å²) in [5.74, 6) is 1.02. The number of aromatic amines is 1. The van der Waals surface area contributed by atoms with Crippen molar-refractivity contribution >= 4 is 35.1 Å². The maximum absolute atomic E-state index is 14.1. The van der Waals surface area contributed by atoms with E-state index in [1.165, 1.54) is 0 Å². The van der Waals surface area contributed by atoms with Crippen molar-refractivity contribution in [2.45, 2.75) is 56.1 Å².